The number of sulfonamides is 1. The lowest BCUT2D eigenvalue weighted by molar-refractivity contribution is -0.147. The first-order valence-electron chi connectivity index (χ1n) is 13.1. The third-order valence-corrected chi connectivity index (χ3v) is 9.80. The van der Waals surface area contributed by atoms with Crippen molar-refractivity contribution in [2.45, 2.75) is 83.0 Å². The van der Waals surface area contributed by atoms with E-state index in [9.17, 15) is 36.3 Å². The highest BCUT2D eigenvalue weighted by molar-refractivity contribution is 7.89. The van der Waals surface area contributed by atoms with Gasteiger partial charge < -0.3 is 10.4 Å². The quantitative estimate of drug-likeness (QED) is 0.280. The number of aromatic nitrogens is 2. The van der Waals surface area contributed by atoms with E-state index in [4.69, 9.17) is 23.2 Å². The summed E-state index contributed by atoms with van der Waals surface area (Å²) in [6.07, 6.45) is 0.519. The highest BCUT2D eigenvalue weighted by atomic mass is 35.5. The number of amides is 1. The monoisotopic (exact) mass is 640 g/mol. The molecule has 9 nitrogen and oxygen atoms in total. The smallest absolute Gasteiger partial charge is 0.404 e. The van der Waals surface area contributed by atoms with Crippen molar-refractivity contribution in [3.05, 3.63) is 33.9 Å². The van der Waals surface area contributed by atoms with Gasteiger partial charge in [-0.25, -0.2) is 8.42 Å². The first-order valence-corrected chi connectivity index (χ1v) is 15.3. The van der Waals surface area contributed by atoms with Crippen molar-refractivity contribution in [3.63, 3.8) is 0 Å². The maximum absolute atomic E-state index is 13.0. The molecule has 1 aromatic heterocycles. The van der Waals surface area contributed by atoms with Gasteiger partial charge in [0, 0.05) is 18.7 Å². The van der Waals surface area contributed by atoms with Gasteiger partial charge >= 0.3 is 12.1 Å². The minimum absolute atomic E-state index is 0.0356. The molecule has 0 unspecified atom stereocenters. The maximum Gasteiger partial charge on any atom is 0.404 e. The number of nitrogens with one attached hydrogen (secondary N) is 2. The Morgan fingerprint density at radius 1 is 1.15 bits per heavy atom. The topological polar surface area (TPSA) is 130 Å². The number of carbonyl (C=O) groups is 2. The molecule has 2 aromatic rings. The van der Waals surface area contributed by atoms with Crippen LogP contribution >= 0.6 is 23.2 Å². The number of hydrogen-bond acceptors (Lipinski definition) is 5. The van der Waals surface area contributed by atoms with Crippen LogP contribution in [-0.2, 0) is 21.4 Å². The molecule has 228 valence electrons. The Hall–Kier alpha value is -2.35. The van der Waals surface area contributed by atoms with Crippen molar-refractivity contribution < 1.29 is 36.3 Å². The minimum atomic E-state index is -4.81. The van der Waals surface area contributed by atoms with Crippen LogP contribution in [0.1, 0.15) is 69.8 Å². The number of halogens is 5. The van der Waals surface area contributed by atoms with E-state index in [-0.39, 0.29) is 35.2 Å². The summed E-state index contributed by atoms with van der Waals surface area (Å²) in [6.45, 7) is 4.31. The van der Waals surface area contributed by atoms with Crippen molar-refractivity contribution >= 4 is 45.1 Å². The molecule has 1 aromatic carbocycles. The fraction of sp³-hybridized carbons (Fsp3) is 0.577. The number of carbonyl (C=O) groups excluding carboxylic acids is 1. The van der Waals surface area contributed by atoms with E-state index in [1.54, 1.807) is 23.3 Å². The van der Waals surface area contributed by atoms with Gasteiger partial charge in [0.2, 0.25) is 10.0 Å². The number of rotatable bonds is 11. The Kier molecular flexibility index (Phi) is 10.4. The summed E-state index contributed by atoms with van der Waals surface area (Å²) in [5.41, 5.74) is -0.390. The zero-order valence-electron chi connectivity index (χ0n) is 22.8. The molecule has 41 heavy (non-hydrogen) atoms. The van der Waals surface area contributed by atoms with Crippen LogP contribution in [0.25, 0.3) is 11.3 Å². The van der Waals surface area contributed by atoms with Gasteiger partial charge in [-0.2, -0.15) is 23.0 Å². The van der Waals surface area contributed by atoms with Crippen LogP contribution < -0.4 is 10.0 Å². The fourth-order valence-corrected chi connectivity index (χ4v) is 6.58. The molecule has 1 amide bonds. The second-order valence-corrected chi connectivity index (χ2v) is 13.4. The average Bonchev–Trinajstić information content (AvgIpc) is 3.28. The van der Waals surface area contributed by atoms with E-state index >= 15 is 0 Å². The minimum Gasteiger partial charge on any atom is -0.481 e. The normalized spacial score (nSPS) is 16.0. The number of benzene rings is 1. The maximum atomic E-state index is 13.0. The predicted octanol–water partition coefficient (Wildman–Crippen LogP) is 5.90. The van der Waals surface area contributed by atoms with E-state index < -0.39 is 49.5 Å². The van der Waals surface area contributed by atoms with E-state index in [1.165, 1.54) is 12.1 Å². The third-order valence-electron chi connectivity index (χ3n) is 7.22. The lowest BCUT2D eigenvalue weighted by Gasteiger charge is -2.22. The summed E-state index contributed by atoms with van der Waals surface area (Å²) in [4.78, 5) is 23.7. The number of aliphatic carboxylic acids is 1. The van der Waals surface area contributed by atoms with Gasteiger partial charge in [-0.1, -0.05) is 42.5 Å². The van der Waals surface area contributed by atoms with Crippen molar-refractivity contribution in [1.29, 1.82) is 0 Å². The molecule has 0 saturated heterocycles. The molecule has 3 N–H and O–H groups in total. The van der Waals surface area contributed by atoms with Gasteiger partial charge in [-0.15, -0.1) is 0 Å². The molecule has 1 atom stereocenters. The molecule has 1 heterocycles. The number of carboxylic acids is 1. The summed E-state index contributed by atoms with van der Waals surface area (Å²) >= 11 is 12.8. The highest BCUT2D eigenvalue weighted by Gasteiger charge is 2.39. The SMILES string of the molecule is C[C@H](NS(=O)(=O)c1ccc(-c2cc(C(=O)NCCC(C)(C)C(=O)O)nn2CC2CCCCC2)c(Cl)c1Cl)C(F)(F)F. The van der Waals surface area contributed by atoms with E-state index in [1.807, 2.05) is 0 Å². The second kappa shape index (κ2) is 12.9. The Morgan fingerprint density at radius 3 is 2.37 bits per heavy atom. The van der Waals surface area contributed by atoms with Gasteiger partial charge in [0.05, 0.1) is 21.2 Å². The summed E-state index contributed by atoms with van der Waals surface area (Å²) in [5.74, 6) is -1.26. The van der Waals surface area contributed by atoms with Crippen LogP contribution in [0.5, 0.6) is 0 Å². The molecular weight excluding hydrogens is 608 g/mol. The van der Waals surface area contributed by atoms with Gasteiger partial charge in [0.1, 0.15) is 10.9 Å². The molecule has 0 spiro atoms. The van der Waals surface area contributed by atoms with Gasteiger partial charge in [-0.05, 0) is 64.2 Å². The first-order chi connectivity index (χ1) is 18.9. The van der Waals surface area contributed by atoms with Crippen LogP contribution in [-0.4, -0.2) is 53.9 Å². The number of nitrogens with zero attached hydrogens (tertiary/aromatic N) is 2. The molecule has 1 saturated carbocycles. The number of carboxylic acid groups (broad SMARTS) is 1. The molecule has 1 fully saturated rings. The lowest BCUT2D eigenvalue weighted by Crippen LogP contribution is -2.43. The number of hydrogen-bond donors (Lipinski definition) is 3. The molecule has 1 aliphatic rings. The lowest BCUT2D eigenvalue weighted by atomic mass is 9.89. The van der Waals surface area contributed by atoms with Crippen LogP contribution in [0.15, 0.2) is 23.1 Å². The highest BCUT2D eigenvalue weighted by Crippen LogP contribution is 2.39. The Balaban J connectivity index is 1.95. The van der Waals surface area contributed by atoms with Crippen molar-refractivity contribution in [2.24, 2.45) is 11.3 Å². The molecule has 3 rings (SSSR count). The molecule has 0 radical (unpaired) electrons. The van der Waals surface area contributed by atoms with Crippen molar-refractivity contribution in [1.82, 2.24) is 19.8 Å². The summed E-state index contributed by atoms with van der Waals surface area (Å²) in [7, 11) is -4.68. The Morgan fingerprint density at radius 2 is 1.78 bits per heavy atom. The summed E-state index contributed by atoms with van der Waals surface area (Å²) in [5, 5.41) is 15.7. The zero-order valence-corrected chi connectivity index (χ0v) is 25.1. The van der Waals surface area contributed by atoms with Gasteiger partial charge in [0.15, 0.2) is 5.69 Å². The van der Waals surface area contributed by atoms with Crippen LogP contribution in [0.2, 0.25) is 10.0 Å². The van der Waals surface area contributed by atoms with E-state index in [0.717, 1.165) is 38.2 Å². The zero-order chi connectivity index (χ0) is 30.8. The third kappa shape index (κ3) is 8.14. The first kappa shape index (κ1) is 33.2. The van der Waals surface area contributed by atoms with Crippen LogP contribution in [0.3, 0.4) is 0 Å². The fourth-order valence-electron chi connectivity index (χ4n) is 4.48. The van der Waals surface area contributed by atoms with Gasteiger partial charge in [-0.3, -0.25) is 14.3 Å². The van der Waals surface area contributed by atoms with Crippen molar-refractivity contribution in [2.75, 3.05) is 6.54 Å². The van der Waals surface area contributed by atoms with E-state index in [2.05, 4.69) is 10.4 Å². The van der Waals surface area contributed by atoms with Crippen LogP contribution in [0.4, 0.5) is 13.2 Å². The molecule has 0 bridgehead atoms. The number of alkyl halides is 3. The standard InChI is InChI=1S/C26H33Cl2F3N4O5S/c1-15(26(29,30)31)34-41(39,40)20-10-9-17(21(27)22(20)28)19-13-18(23(36)32-12-11-25(2,3)24(37)38)33-35(19)14-16-7-5-4-6-8-16/h9-10,13,15-16,34H,4-8,11-12,14H2,1-3H3,(H,32,36)(H,37,38)/t15-/m0/s1. The molecule has 15 heteroatoms. The molecule has 0 aliphatic heterocycles. The summed E-state index contributed by atoms with van der Waals surface area (Å²) < 4.78 is 67.5. The Labute approximate surface area is 246 Å². The second-order valence-electron chi connectivity index (χ2n) is 10.9. The molecule has 1 aliphatic carbocycles. The molecular formula is C26H33Cl2F3N4O5S. The van der Waals surface area contributed by atoms with Crippen molar-refractivity contribution in [3.8, 4) is 11.3 Å². The Bertz CT molecular complexity index is 1390. The van der Waals surface area contributed by atoms with Gasteiger partial charge in [0.25, 0.3) is 5.91 Å². The largest absolute Gasteiger partial charge is 0.481 e. The average molecular weight is 642 g/mol. The van der Waals surface area contributed by atoms with Crippen LogP contribution in [0, 0.1) is 11.3 Å². The predicted molar refractivity (Wildman–Crippen MR) is 148 cm³/mol. The summed E-state index contributed by atoms with van der Waals surface area (Å²) in [6, 6.07) is 1.48. The van der Waals surface area contributed by atoms with E-state index in [0.29, 0.717) is 19.2 Å².